The van der Waals surface area contributed by atoms with Crippen molar-refractivity contribution in [2.75, 3.05) is 13.2 Å². The van der Waals surface area contributed by atoms with Gasteiger partial charge in [0.2, 0.25) is 0 Å². The van der Waals surface area contributed by atoms with E-state index in [4.69, 9.17) is 14.2 Å². The summed E-state index contributed by atoms with van der Waals surface area (Å²) in [5, 5.41) is 0.595. The van der Waals surface area contributed by atoms with E-state index >= 15 is 0 Å². The molecule has 23 heavy (non-hydrogen) atoms. The van der Waals surface area contributed by atoms with Gasteiger partial charge in [-0.2, -0.15) is 0 Å². The fraction of sp³-hybridized carbons (Fsp3) is 1.00. The first-order valence-electron chi connectivity index (χ1n) is 9.08. The highest BCUT2D eigenvalue weighted by Gasteiger charge is 2.57. The van der Waals surface area contributed by atoms with E-state index in [2.05, 4.69) is 67.7 Å². The van der Waals surface area contributed by atoms with Gasteiger partial charge < -0.3 is 14.2 Å². The normalized spacial score (nSPS) is 28.4. The first-order valence-corrected chi connectivity index (χ1v) is 15.2. The van der Waals surface area contributed by atoms with E-state index in [0.717, 1.165) is 13.2 Å². The van der Waals surface area contributed by atoms with E-state index in [1.165, 1.54) is 0 Å². The van der Waals surface area contributed by atoms with Crippen molar-refractivity contribution in [3.8, 4) is 0 Å². The zero-order chi connectivity index (χ0) is 17.8. The van der Waals surface area contributed by atoms with Crippen molar-refractivity contribution in [3.05, 3.63) is 0 Å². The molecule has 4 atom stereocenters. The number of hydrogen-bond acceptors (Lipinski definition) is 3. The first kappa shape index (κ1) is 19.6. The second-order valence-corrected chi connectivity index (χ2v) is 21.7. The van der Waals surface area contributed by atoms with Gasteiger partial charge in [-0.3, -0.25) is 0 Å². The summed E-state index contributed by atoms with van der Waals surface area (Å²) in [5.41, 5.74) is 0.539. The summed E-state index contributed by atoms with van der Waals surface area (Å²) < 4.78 is 18.4. The molecule has 0 aliphatic carbocycles. The van der Waals surface area contributed by atoms with Crippen LogP contribution in [0.4, 0.5) is 0 Å². The lowest BCUT2D eigenvalue weighted by atomic mass is 10.2. The maximum atomic E-state index is 6.95. The number of rotatable bonds is 6. The van der Waals surface area contributed by atoms with Gasteiger partial charge in [0.25, 0.3) is 0 Å². The molecule has 0 aromatic carbocycles. The van der Waals surface area contributed by atoms with Crippen molar-refractivity contribution in [1.82, 2.24) is 0 Å². The van der Waals surface area contributed by atoms with E-state index in [9.17, 15) is 0 Å². The predicted molar refractivity (Wildman–Crippen MR) is 103 cm³/mol. The van der Waals surface area contributed by atoms with Crippen LogP contribution in [0.5, 0.6) is 0 Å². The Labute approximate surface area is 145 Å². The van der Waals surface area contributed by atoms with Gasteiger partial charge in [0.1, 0.15) is 12.2 Å². The van der Waals surface area contributed by atoms with Crippen LogP contribution in [-0.2, 0) is 14.2 Å². The summed E-state index contributed by atoms with van der Waals surface area (Å²) in [6.45, 7) is 25.8. The average molecular weight is 359 g/mol. The largest absolute Gasteiger partial charge is 0.376 e. The number of ether oxygens (including phenoxy) is 3. The molecule has 5 heteroatoms. The molecule has 3 nitrogen and oxygen atoms in total. The van der Waals surface area contributed by atoms with Crippen molar-refractivity contribution in [2.45, 2.75) is 101 Å². The second kappa shape index (κ2) is 5.94. The Morgan fingerprint density at radius 3 is 1.17 bits per heavy atom. The van der Waals surface area contributed by atoms with Crippen molar-refractivity contribution >= 4 is 16.1 Å². The topological polar surface area (TPSA) is 34.3 Å². The third kappa shape index (κ3) is 3.94. The van der Waals surface area contributed by atoms with E-state index in [1.54, 1.807) is 0 Å². The molecule has 2 unspecified atom stereocenters. The minimum Gasteiger partial charge on any atom is -0.376 e. The van der Waals surface area contributed by atoms with Crippen molar-refractivity contribution in [3.63, 3.8) is 0 Å². The molecule has 0 radical (unpaired) electrons. The monoisotopic (exact) mass is 358 g/mol. The molecule has 2 saturated heterocycles. The Kier molecular flexibility index (Phi) is 5.07. The van der Waals surface area contributed by atoms with Gasteiger partial charge in [-0.25, -0.2) is 0 Å². The zero-order valence-corrected chi connectivity index (χ0v) is 18.9. The summed E-state index contributed by atoms with van der Waals surface area (Å²) in [4.78, 5) is 0. The molecule has 136 valence electrons. The molecule has 2 aliphatic rings. The van der Waals surface area contributed by atoms with Gasteiger partial charge in [-0.1, -0.05) is 67.7 Å². The molecule has 0 bridgehead atoms. The zero-order valence-electron chi connectivity index (χ0n) is 16.9. The van der Waals surface area contributed by atoms with Crippen LogP contribution in [0.15, 0.2) is 0 Å². The minimum absolute atomic E-state index is 0.269. The summed E-state index contributed by atoms with van der Waals surface area (Å²) in [6, 6.07) is 0. The highest BCUT2D eigenvalue weighted by Crippen LogP contribution is 2.47. The fourth-order valence-electron chi connectivity index (χ4n) is 2.92. The maximum absolute atomic E-state index is 6.95. The molecule has 0 aromatic rings. The molecular formula is C18H38O3Si2. The highest BCUT2D eigenvalue weighted by atomic mass is 28.3. The Hall–Kier alpha value is 0.314. The first-order chi connectivity index (χ1) is 10.2. The van der Waals surface area contributed by atoms with Crippen LogP contribution in [0.1, 0.15) is 41.5 Å². The van der Waals surface area contributed by atoms with Gasteiger partial charge in [0.15, 0.2) is 0 Å². The fourth-order valence-corrected chi connectivity index (χ4v) is 7.98. The Balaban J connectivity index is 2.27. The molecule has 0 spiro atoms. The number of hydrogen-bond donors (Lipinski definition) is 0. The van der Waals surface area contributed by atoms with E-state index in [-0.39, 0.29) is 11.5 Å². The molecule has 2 rings (SSSR count). The lowest BCUT2D eigenvalue weighted by molar-refractivity contribution is 0.0310. The maximum Gasteiger partial charge on any atom is 0.104 e. The van der Waals surface area contributed by atoms with E-state index in [1.807, 2.05) is 0 Å². The van der Waals surface area contributed by atoms with Crippen molar-refractivity contribution < 1.29 is 14.2 Å². The van der Waals surface area contributed by atoms with E-state index in [0.29, 0.717) is 22.3 Å². The molecule has 0 amide bonds. The third-order valence-corrected chi connectivity index (χ3v) is 18.6. The van der Waals surface area contributed by atoms with Gasteiger partial charge in [-0.05, 0) is 10.1 Å². The Morgan fingerprint density at radius 2 is 1.00 bits per heavy atom. The smallest absolute Gasteiger partial charge is 0.104 e. The van der Waals surface area contributed by atoms with Crippen molar-refractivity contribution in [1.29, 1.82) is 0 Å². The van der Waals surface area contributed by atoms with Gasteiger partial charge in [-0.15, -0.1) is 0 Å². The summed E-state index contributed by atoms with van der Waals surface area (Å²) in [5.74, 6) is 0. The third-order valence-electron chi connectivity index (χ3n) is 6.98. The van der Waals surface area contributed by atoms with Gasteiger partial charge in [0.05, 0.1) is 40.8 Å². The lowest BCUT2D eigenvalue weighted by Crippen LogP contribution is -2.60. The summed E-state index contributed by atoms with van der Waals surface area (Å²) in [7, 11) is -3.27. The molecule has 0 saturated carbocycles. The molecular weight excluding hydrogens is 320 g/mol. The average Bonchev–Trinajstić information content (AvgIpc) is 3.20. The van der Waals surface area contributed by atoms with Crippen LogP contribution in [-0.4, -0.2) is 53.0 Å². The minimum atomic E-state index is -1.63. The van der Waals surface area contributed by atoms with Crippen LogP contribution >= 0.6 is 0 Å². The van der Waals surface area contributed by atoms with Crippen LogP contribution in [0.25, 0.3) is 0 Å². The summed E-state index contributed by atoms with van der Waals surface area (Å²) >= 11 is 0. The standard InChI is InChI=1S/C18H38O3Si2/c1-17(2,3)22(7,8)15(13-11-19-13)21-16(14-12-20-14)23(9,10)18(4,5)6/h13-16H,11-12H2,1-10H3/t13-,14-,15?,16?/m1/s1. The van der Waals surface area contributed by atoms with Gasteiger partial charge >= 0.3 is 0 Å². The van der Waals surface area contributed by atoms with Crippen LogP contribution < -0.4 is 0 Å². The highest BCUT2D eigenvalue weighted by molar-refractivity contribution is 6.83. The van der Waals surface area contributed by atoms with Crippen LogP contribution in [0.3, 0.4) is 0 Å². The van der Waals surface area contributed by atoms with Crippen molar-refractivity contribution in [2.24, 2.45) is 0 Å². The van der Waals surface area contributed by atoms with E-state index < -0.39 is 16.1 Å². The lowest BCUT2D eigenvalue weighted by Gasteiger charge is -2.48. The Bertz CT molecular complexity index is 387. The SMILES string of the molecule is CC(C)(C)[Si](C)(C)C(OC([C@H]1CO1)[Si](C)(C)C(C)(C)C)[C@H]1CO1. The molecule has 2 heterocycles. The Morgan fingerprint density at radius 1 is 0.739 bits per heavy atom. The van der Waals surface area contributed by atoms with Crippen LogP contribution in [0.2, 0.25) is 36.3 Å². The molecule has 2 aliphatic heterocycles. The number of epoxide rings is 2. The molecule has 0 N–H and O–H groups in total. The predicted octanol–water partition coefficient (Wildman–Crippen LogP) is 4.63. The molecule has 0 aromatic heterocycles. The van der Waals surface area contributed by atoms with Gasteiger partial charge in [0, 0.05) is 0 Å². The summed E-state index contributed by atoms with van der Waals surface area (Å²) in [6.07, 6.45) is 0.615. The molecule has 2 fully saturated rings. The second-order valence-electron chi connectivity index (χ2n) is 10.7. The quantitative estimate of drug-likeness (QED) is 0.512. The van der Waals surface area contributed by atoms with Crippen LogP contribution in [0, 0.1) is 0 Å².